The number of carbonyl (C=O) groups is 1. The molecular weight excluding hydrogens is 304 g/mol. The molecule has 1 aromatic heterocycles. The third kappa shape index (κ3) is 3.48. The largest absolute Gasteiger partial charge is 0.461 e. The van der Waals surface area contributed by atoms with E-state index in [0.717, 1.165) is 39.1 Å². The monoisotopic (exact) mass is 328 g/mol. The Morgan fingerprint density at radius 1 is 1.21 bits per heavy atom. The maximum atomic E-state index is 11.1. The first-order valence-corrected chi connectivity index (χ1v) is 7.80. The van der Waals surface area contributed by atoms with Crippen molar-refractivity contribution >= 4 is 18.1 Å². The molecule has 2 N–H and O–H groups in total. The number of aromatic nitrogens is 2. The molecule has 0 bridgehead atoms. The van der Waals surface area contributed by atoms with Crippen molar-refractivity contribution in [2.45, 2.75) is 48.1 Å². The summed E-state index contributed by atoms with van der Waals surface area (Å²) in [7, 11) is 0. The Balaban J connectivity index is 2.45. The number of esters is 1. The average Bonchev–Trinajstić information content (AvgIpc) is 2.83. The van der Waals surface area contributed by atoms with Gasteiger partial charge in [-0.05, 0) is 62.4 Å². The number of nitrogen functional groups attached to an aromatic ring is 1. The summed E-state index contributed by atoms with van der Waals surface area (Å²) in [5.41, 5.74) is 13.2. The second-order valence-corrected chi connectivity index (χ2v) is 6.00. The van der Waals surface area contributed by atoms with Gasteiger partial charge in [-0.3, -0.25) is 4.79 Å². The third-order valence-electron chi connectivity index (χ3n) is 4.40. The maximum Gasteiger partial charge on any atom is 0.302 e. The van der Waals surface area contributed by atoms with Gasteiger partial charge < -0.3 is 10.5 Å². The van der Waals surface area contributed by atoms with Gasteiger partial charge >= 0.3 is 5.97 Å². The van der Waals surface area contributed by atoms with E-state index < -0.39 is 0 Å². The Hall–Kier alpha value is -2.63. The molecule has 0 amide bonds. The van der Waals surface area contributed by atoms with E-state index in [1.165, 1.54) is 6.92 Å². The van der Waals surface area contributed by atoms with Gasteiger partial charge in [-0.2, -0.15) is 5.10 Å². The molecule has 2 aromatic rings. The lowest BCUT2D eigenvalue weighted by molar-refractivity contribution is -0.142. The number of imidazole rings is 1. The van der Waals surface area contributed by atoms with E-state index in [2.05, 4.69) is 10.1 Å². The van der Waals surface area contributed by atoms with Crippen LogP contribution in [0.15, 0.2) is 11.3 Å². The molecule has 0 saturated heterocycles. The number of hydrogen-bond donors (Lipinski definition) is 1. The molecule has 6 nitrogen and oxygen atoms in total. The van der Waals surface area contributed by atoms with Crippen LogP contribution < -0.4 is 5.73 Å². The van der Waals surface area contributed by atoms with Gasteiger partial charge in [-0.25, -0.2) is 9.66 Å². The highest BCUT2D eigenvalue weighted by Gasteiger charge is 2.14. The van der Waals surface area contributed by atoms with Crippen molar-refractivity contribution in [2.75, 3.05) is 5.73 Å². The number of aryl methyl sites for hydroxylation is 1. The average molecular weight is 328 g/mol. The summed E-state index contributed by atoms with van der Waals surface area (Å²) in [5, 5.41) is 4.42. The first kappa shape index (κ1) is 17.7. The summed E-state index contributed by atoms with van der Waals surface area (Å²) >= 11 is 0. The number of anilines is 1. The number of nitrogens with zero attached hydrogens (tertiary/aromatic N) is 3. The van der Waals surface area contributed by atoms with Gasteiger partial charge in [0.25, 0.3) is 0 Å². The van der Waals surface area contributed by atoms with Gasteiger partial charge in [0.15, 0.2) is 0 Å². The highest BCUT2D eigenvalue weighted by Crippen LogP contribution is 2.26. The van der Waals surface area contributed by atoms with Gasteiger partial charge in [0, 0.05) is 12.5 Å². The van der Waals surface area contributed by atoms with Crippen molar-refractivity contribution in [3.63, 3.8) is 0 Å². The van der Waals surface area contributed by atoms with Crippen molar-refractivity contribution in [1.82, 2.24) is 9.66 Å². The van der Waals surface area contributed by atoms with Crippen LogP contribution in [0, 0.1) is 34.6 Å². The van der Waals surface area contributed by atoms with Crippen molar-refractivity contribution in [3.05, 3.63) is 45.3 Å². The van der Waals surface area contributed by atoms with Gasteiger partial charge in [-0.1, -0.05) is 0 Å². The zero-order chi connectivity index (χ0) is 18.0. The Bertz CT molecular complexity index is 790. The molecule has 0 fully saturated rings. The van der Waals surface area contributed by atoms with E-state index in [1.807, 2.05) is 34.6 Å². The Morgan fingerprint density at radius 2 is 1.79 bits per heavy atom. The smallest absolute Gasteiger partial charge is 0.302 e. The third-order valence-corrected chi connectivity index (χ3v) is 4.40. The van der Waals surface area contributed by atoms with Crippen LogP contribution in [0.3, 0.4) is 0 Å². The van der Waals surface area contributed by atoms with Crippen LogP contribution in [0.4, 0.5) is 5.95 Å². The highest BCUT2D eigenvalue weighted by atomic mass is 16.5. The molecule has 0 unspecified atom stereocenters. The minimum Gasteiger partial charge on any atom is -0.461 e. The molecule has 1 aromatic carbocycles. The molecule has 0 atom stereocenters. The molecule has 0 aliphatic heterocycles. The van der Waals surface area contributed by atoms with E-state index in [0.29, 0.717) is 12.6 Å². The summed E-state index contributed by atoms with van der Waals surface area (Å²) in [6, 6.07) is 0. The minimum absolute atomic E-state index is 0.277. The molecule has 24 heavy (non-hydrogen) atoms. The van der Waals surface area contributed by atoms with Gasteiger partial charge in [-0.15, -0.1) is 0 Å². The molecule has 6 heteroatoms. The quantitative estimate of drug-likeness (QED) is 0.691. The maximum absolute atomic E-state index is 11.1. The molecule has 0 aliphatic carbocycles. The van der Waals surface area contributed by atoms with Crippen LogP contribution in [-0.4, -0.2) is 21.8 Å². The lowest BCUT2D eigenvalue weighted by Crippen LogP contribution is -2.08. The predicted octanol–water partition coefficient (Wildman–Crippen LogP) is 2.95. The molecule has 0 aliphatic rings. The van der Waals surface area contributed by atoms with Crippen LogP contribution in [0.25, 0.3) is 0 Å². The highest BCUT2D eigenvalue weighted by molar-refractivity contribution is 5.85. The van der Waals surface area contributed by atoms with E-state index in [1.54, 1.807) is 17.1 Å². The summed E-state index contributed by atoms with van der Waals surface area (Å²) in [6.07, 6.45) is 3.59. The summed E-state index contributed by atoms with van der Waals surface area (Å²) in [4.78, 5) is 15.2. The number of hydrogen-bond acceptors (Lipinski definition) is 5. The SMILES string of the molecule is CC(=O)OCc1c(C)c(C)c(C=Nn2cc(C)nc2N)c(C)c1C. The van der Waals surface area contributed by atoms with Crippen LogP contribution in [0.5, 0.6) is 0 Å². The topological polar surface area (TPSA) is 82.5 Å². The van der Waals surface area contributed by atoms with E-state index >= 15 is 0 Å². The van der Waals surface area contributed by atoms with Crippen molar-refractivity contribution in [3.8, 4) is 0 Å². The van der Waals surface area contributed by atoms with Crippen molar-refractivity contribution in [2.24, 2.45) is 5.10 Å². The number of carbonyl (C=O) groups excluding carboxylic acids is 1. The van der Waals surface area contributed by atoms with E-state index in [-0.39, 0.29) is 5.97 Å². The standard InChI is InChI=1S/C18H24N4O2/c1-10-8-22(18(19)21-10)20-7-16-11(2)13(4)17(9-24-15(6)23)14(5)12(16)3/h7-8H,9H2,1-6H3,(H2,19,21). The molecule has 0 radical (unpaired) electrons. The second-order valence-electron chi connectivity index (χ2n) is 6.00. The normalized spacial score (nSPS) is 11.2. The van der Waals surface area contributed by atoms with Crippen LogP contribution in [-0.2, 0) is 16.1 Å². The van der Waals surface area contributed by atoms with Gasteiger partial charge in [0.05, 0.1) is 18.1 Å². The van der Waals surface area contributed by atoms with Crippen molar-refractivity contribution < 1.29 is 9.53 Å². The number of benzene rings is 1. The number of nitrogens with two attached hydrogens (primary N) is 1. The molecule has 0 saturated carbocycles. The van der Waals surface area contributed by atoms with Gasteiger partial charge in [0.1, 0.15) is 6.61 Å². The lowest BCUT2D eigenvalue weighted by atomic mass is 9.89. The zero-order valence-corrected chi connectivity index (χ0v) is 15.1. The summed E-state index contributed by atoms with van der Waals surface area (Å²) < 4.78 is 6.75. The van der Waals surface area contributed by atoms with E-state index in [4.69, 9.17) is 10.5 Å². The van der Waals surface area contributed by atoms with Crippen LogP contribution in [0.2, 0.25) is 0 Å². The minimum atomic E-state index is -0.277. The molecular formula is C18H24N4O2. The second kappa shape index (κ2) is 6.86. The Kier molecular flexibility index (Phi) is 5.07. The Labute approximate surface area is 142 Å². The first-order valence-electron chi connectivity index (χ1n) is 7.80. The molecule has 2 rings (SSSR count). The first-order chi connectivity index (χ1) is 11.2. The fraction of sp³-hybridized carbons (Fsp3) is 0.389. The summed E-state index contributed by atoms with van der Waals surface area (Å²) in [6.45, 7) is 11.7. The number of rotatable bonds is 4. The van der Waals surface area contributed by atoms with Crippen molar-refractivity contribution in [1.29, 1.82) is 0 Å². The fourth-order valence-corrected chi connectivity index (χ4v) is 2.72. The zero-order valence-electron chi connectivity index (χ0n) is 15.1. The van der Waals surface area contributed by atoms with Crippen LogP contribution in [0.1, 0.15) is 46.0 Å². The number of ether oxygens (including phenoxy) is 1. The van der Waals surface area contributed by atoms with E-state index in [9.17, 15) is 4.79 Å². The molecule has 1 heterocycles. The lowest BCUT2D eigenvalue weighted by Gasteiger charge is -2.18. The van der Waals surface area contributed by atoms with Gasteiger partial charge in [0.2, 0.25) is 5.95 Å². The molecule has 128 valence electrons. The van der Waals surface area contributed by atoms with Crippen LogP contribution >= 0.6 is 0 Å². The Morgan fingerprint density at radius 3 is 2.25 bits per heavy atom. The fourth-order valence-electron chi connectivity index (χ4n) is 2.72. The predicted molar refractivity (Wildman–Crippen MR) is 95.2 cm³/mol. The summed E-state index contributed by atoms with van der Waals surface area (Å²) in [5.74, 6) is 0.0830. The molecule has 0 spiro atoms.